The molecule has 2 fully saturated rings. The molecule has 1 atom stereocenters. The number of nitrogens with two attached hydrogens (primary N) is 1. The molecule has 21 heavy (non-hydrogen) atoms. The monoisotopic (exact) mass is 286 g/mol. The molecular formula is C19H30N2. The quantitative estimate of drug-likeness (QED) is 0.873. The Morgan fingerprint density at radius 3 is 2.38 bits per heavy atom. The summed E-state index contributed by atoms with van der Waals surface area (Å²) >= 11 is 0. The predicted octanol–water partition coefficient (Wildman–Crippen LogP) is 4.65. The highest BCUT2D eigenvalue weighted by atomic mass is 15.1. The van der Waals surface area contributed by atoms with Crippen molar-refractivity contribution in [1.82, 2.24) is 0 Å². The zero-order valence-corrected chi connectivity index (χ0v) is 13.3. The smallest absolute Gasteiger partial charge is 0.0414 e. The van der Waals surface area contributed by atoms with E-state index in [0.29, 0.717) is 0 Å². The molecule has 1 aliphatic carbocycles. The van der Waals surface area contributed by atoms with E-state index in [1.54, 1.807) is 0 Å². The van der Waals surface area contributed by atoms with E-state index < -0.39 is 0 Å². The van der Waals surface area contributed by atoms with Crippen LogP contribution in [0.2, 0.25) is 0 Å². The zero-order chi connectivity index (χ0) is 14.5. The van der Waals surface area contributed by atoms with Gasteiger partial charge in [0, 0.05) is 24.8 Å². The number of hydrogen-bond donors (Lipinski definition) is 1. The van der Waals surface area contributed by atoms with Crippen molar-refractivity contribution >= 4 is 5.69 Å². The van der Waals surface area contributed by atoms with Crippen molar-refractivity contribution in [2.75, 3.05) is 18.0 Å². The highest BCUT2D eigenvalue weighted by Gasteiger charge is 2.21. The van der Waals surface area contributed by atoms with Gasteiger partial charge in [0.2, 0.25) is 0 Å². The Bertz CT molecular complexity index is 431. The largest absolute Gasteiger partial charge is 0.371 e. The molecule has 1 aromatic carbocycles. The Morgan fingerprint density at radius 2 is 1.62 bits per heavy atom. The second-order valence-corrected chi connectivity index (χ2v) is 6.95. The molecule has 116 valence electrons. The molecule has 1 heterocycles. The summed E-state index contributed by atoms with van der Waals surface area (Å²) in [6.45, 7) is 2.40. The van der Waals surface area contributed by atoms with Gasteiger partial charge in [0.1, 0.15) is 0 Å². The van der Waals surface area contributed by atoms with Gasteiger partial charge in [-0.1, -0.05) is 50.3 Å². The molecule has 2 aliphatic rings. The van der Waals surface area contributed by atoms with Crippen LogP contribution in [-0.4, -0.2) is 13.1 Å². The fraction of sp³-hybridized carbons (Fsp3) is 0.684. The third-order valence-electron chi connectivity index (χ3n) is 5.34. The van der Waals surface area contributed by atoms with E-state index in [1.807, 2.05) is 0 Å². The van der Waals surface area contributed by atoms with Crippen LogP contribution in [0.25, 0.3) is 0 Å². The summed E-state index contributed by atoms with van der Waals surface area (Å²) in [5.41, 5.74) is 9.39. The van der Waals surface area contributed by atoms with E-state index in [9.17, 15) is 0 Å². The molecule has 1 aromatic rings. The van der Waals surface area contributed by atoms with Crippen LogP contribution in [0.15, 0.2) is 24.3 Å². The van der Waals surface area contributed by atoms with Crippen LogP contribution in [0.1, 0.15) is 69.4 Å². The van der Waals surface area contributed by atoms with Crippen LogP contribution >= 0.6 is 0 Å². The van der Waals surface area contributed by atoms with Crippen molar-refractivity contribution in [2.24, 2.45) is 11.7 Å². The Morgan fingerprint density at radius 1 is 0.952 bits per heavy atom. The summed E-state index contributed by atoms with van der Waals surface area (Å²) in [5, 5.41) is 0. The first-order valence-electron chi connectivity index (χ1n) is 8.94. The molecule has 1 saturated heterocycles. The van der Waals surface area contributed by atoms with Crippen molar-refractivity contribution < 1.29 is 0 Å². The molecule has 0 radical (unpaired) electrons. The van der Waals surface area contributed by atoms with Crippen LogP contribution in [-0.2, 0) is 0 Å². The summed E-state index contributed by atoms with van der Waals surface area (Å²) in [4.78, 5) is 2.56. The van der Waals surface area contributed by atoms with Gasteiger partial charge in [-0.25, -0.2) is 0 Å². The van der Waals surface area contributed by atoms with E-state index in [1.165, 1.54) is 82.1 Å². The fourth-order valence-electron chi connectivity index (χ4n) is 4.13. The molecule has 2 heteroatoms. The molecule has 3 rings (SSSR count). The van der Waals surface area contributed by atoms with Gasteiger partial charge in [-0.05, 0) is 43.2 Å². The Kier molecular flexibility index (Phi) is 5.18. The van der Waals surface area contributed by atoms with Crippen molar-refractivity contribution in [1.29, 1.82) is 0 Å². The fourth-order valence-corrected chi connectivity index (χ4v) is 4.13. The van der Waals surface area contributed by atoms with Crippen LogP contribution in [0.4, 0.5) is 5.69 Å². The molecule has 0 bridgehead atoms. The Hall–Kier alpha value is -1.02. The molecule has 0 aromatic heterocycles. The summed E-state index contributed by atoms with van der Waals surface area (Å²) in [6, 6.07) is 9.08. The first kappa shape index (κ1) is 14.9. The van der Waals surface area contributed by atoms with Gasteiger partial charge >= 0.3 is 0 Å². The lowest BCUT2D eigenvalue weighted by atomic mass is 9.83. The standard InChI is InChI=1S/C19H30N2/c20-18(15-16-9-3-1-4-10-16)17-11-5-6-12-19(17)21-13-7-2-8-14-21/h5-6,11-12,16,18H,1-4,7-10,13-15,20H2/t18-/m1/s1. The number of rotatable bonds is 4. The summed E-state index contributed by atoms with van der Waals surface area (Å²) in [7, 11) is 0. The van der Waals surface area contributed by atoms with Crippen molar-refractivity contribution in [3.8, 4) is 0 Å². The molecule has 0 amide bonds. The van der Waals surface area contributed by atoms with Crippen LogP contribution in [0, 0.1) is 5.92 Å². The Balaban J connectivity index is 1.70. The molecule has 1 aliphatic heterocycles. The summed E-state index contributed by atoms with van der Waals surface area (Å²) in [6.07, 6.45) is 12.2. The van der Waals surface area contributed by atoms with Crippen LogP contribution < -0.4 is 10.6 Å². The maximum absolute atomic E-state index is 6.61. The third-order valence-corrected chi connectivity index (χ3v) is 5.34. The number of hydrogen-bond acceptors (Lipinski definition) is 2. The number of piperidine rings is 1. The molecule has 0 spiro atoms. The van der Waals surface area contributed by atoms with Gasteiger partial charge in [0.15, 0.2) is 0 Å². The molecule has 1 saturated carbocycles. The van der Waals surface area contributed by atoms with Gasteiger partial charge in [0.05, 0.1) is 0 Å². The molecule has 2 nitrogen and oxygen atoms in total. The lowest BCUT2D eigenvalue weighted by Gasteiger charge is -2.33. The van der Waals surface area contributed by atoms with Gasteiger partial charge < -0.3 is 10.6 Å². The van der Waals surface area contributed by atoms with E-state index in [4.69, 9.17) is 5.73 Å². The second kappa shape index (κ2) is 7.31. The predicted molar refractivity (Wildman–Crippen MR) is 90.6 cm³/mol. The average Bonchev–Trinajstić information content (AvgIpc) is 2.56. The molecular weight excluding hydrogens is 256 g/mol. The van der Waals surface area contributed by atoms with Crippen molar-refractivity contribution in [2.45, 2.75) is 63.8 Å². The van der Waals surface area contributed by atoms with Crippen molar-refractivity contribution in [3.05, 3.63) is 29.8 Å². The van der Waals surface area contributed by atoms with E-state index >= 15 is 0 Å². The number of anilines is 1. The normalized spacial score (nSPS) is 22.2. The summed E-state index contributed by atoms with van der Waals surface area (Å²) in [5.74, 6) is 0.850. The first-order chi connectivity index (χ1) is 10.3. The maximum Gasteiger partial charge on any atom is 0.0414 e. The van der Waals surface area contributed by atoms with Gasteiger partial charge in [0.25, 0.3) is 0 Å². The minimum absolute atomic E-state index is 0.214. The van der Waals surface area contributed by atoms with Crippen LogP contribution in [0.5, 0.6) is 0 Å². The summed E-state index contributed by atoms with van der Waals surface area (Å²) < 4.78 is 0. The zero-order valence-electron chi connectivity index (χ0n) is 13.3. The second-order valence-electron chi connectivity index (χ2n) is 6.95. The highest BCUT2D eigenvalue weighted by Crippen LogP contribution is 2.34. The van der Waals surface area contributed by atoms with Gasteiger partial charge in [-0.15, -0.1) is 0 Å². The van der Waals surface area contributed by atoms with Gasteiger partial charge in [-0.3, -0.25) is 0 Å². The maximum atomic E-state index is 6.61. The van der Waals surface area contributed by atoms with E-state index in [-0.39, 0.29) is 6.04 Å². The Labute approximate surface area is 129 Å². The van der Waals surface area contributed by atoms with E-state index in [0.717, 1.165) is 5.92 Å². The third kappa shape index (κ3) is 3.79. The number of nitrogens with zero attached hydrogens (tertiary/aromatic N) is 1. The van der Waals surface area contributed by atoms with Gasteiger partial charge in [-0.2, -0.15) is 0 Å². The topological polar surface area (TPSA) is 29.3 Å². The SMILES string of the molecule is N[C@H](CC1CCCCC1)c1ccccc1N1CCCCC1. The first-order valence-corrected chi connectivity index (χ1v) is 8.94. The lowest BCUT2D eigenvalue weighted by Crippen LogP contribution is -2.31. The number of benzene rings is 1. The minimum Gasteiger partial charge on any atom is -0.371 e. The lowest BCUT2D eigenvalue weighted by molar-refractivity contribution is 0.319. The highest BCUT2D eigenvalue weighted by molar-refractivity contribution is 5.55. The average molecular weight is 286 g/mol. The minimum atomic E-state index is 0.214. The molecule has 2 N–H and O–H groups in total. The number of para-hydroxylation sites is 1. The van der Waals surface area contributed by atoms with E-state index in [2.05, 4.69) is 29.2 Å². The molecule has 0 unspecified atom stereocenters. The van der Waals surface area contributed by atoms with Crippen LogP contribution in [0.3, 0.4) is 0 Å². The van der Waals surface area contributed by atoms with Crippen molar-refractivity contribution in [3.63, 3.8) is 0 Å².